The van der Waals surface area contributed by atoms with Crippen molar-refractivity contribution in [2.24, 2.45) is 0 Å². The molecule has 0 radical (unpaired) electrons. The number of nitrogens with one attached hydrogen (secondary N) is 3. The first-order valence-corrected chi connectivity index (χ1v) is 11.8. The second kappa shape index (κ2) is 8.81. The summed E-state index contributed by atoms with van der Waals surface area (Å²) >= 11 is 0. The van der Waals surface area contributed by atoms with Crippen LogP contribution in [0.5, 0.6) is 0 Å². The zero-order chi connectivity index (χ0) is 21.9. The Morgan fingerprint density at radius 3 is 2.43 bits per heavy atom. The molecule has 1 fully saturated rings. The molecule has 0 bridgehead atoms. The van der Waals surface area contributed by atoms with Crippen molar-refractivity contribution >= 4 is 32.9 Å². The molecule has 30 heavy (non-hydrogen) atoms. The van der Waals surface area contributed by atoms with Gasteiger partial charge in [0.2, 0.25) is 10.0 Å². The number of anilines is 4. The molecule has 0 aliphatic carbocycles. The largest absolute Gasteiger partial charge is 0.367 e. The Morgan fingerprint density at radius 1 is 1.10 bits per heavy atom. The summed E-state index contributed by atoms with van der Waals surface area (Å²) in [6.07, 6.45) is 4.06. The van der Waals surface area contributed by atoms with Gasteiger partial charge in [0.1, 0.15) is 5.82 Å². The number of aryl methyl sites for hydroxylation is 1. The predicted molar refractivity (Wildman–Crippen MR) is 125 cm³/mol. The Balaban J connectivity index is 1.73. The molecule has 2 heterocycles. The van der Waals surface area contributed by atoms with E-state index < -0.39 is 14.8 Å². The SMILES string of the molecule is Cc1cnc(NC2CCN(C)CC2)cc1Nc1cccc(NS(=O)(=O)C(C)(C)C)c1. The minimum Gasteiger partial charge on any atom is -0.367 e. The maximum Gasteiger partial charge on any atom is 0.237 e. The molecule has 0 unspecified atom stereocenters. The summed E-state index contributed by atoms with van der Waals surface area (Å²) in [5.74, 6) is 0.849. The Morgan fingerprint density at radius 2 is 1.77 bits per heavy atom. The van der Waals surface area contributed by atoms with Crippen LogP contribution < -0.4 is 15.4 Å². The number of aromatic nitrogens is 1. The van der Waals surface area contributed by atoms with E-state index in [9.17, 15) is 8.42 Å². The van der Waals surface area contributed by atoms with Gasteiger partial charge in [-0.25, -0.2) is 13.4 Å². The smallest absolute Gasteiger partial charge is 0.237 e. The van der Waals surface area contributed by atoms with Crippen LogP contribution in [0.4, 0.5) is 22.9 Å². The molecule has 164 valence electrons. The molecule has 0 atom stereocenters. The van der Waals surface area contributed by atoms with E-state index >= 15 is 0 Å². The van der Waals surface area contributed by atoms with Gasteiger partial charge in [0.15, 0.2) is 0 Å². The molecule has 1 aromatic carbocycles. The standard InChI is InChI=1S/C22H33N5O2S/c1-16-15-23-21(25-17-9-11-27(5)12-10-17)14-20(16)24-18-7-6-8-19(13-18)26-30(28,29)22(2,3)4/h6-8,13-15,17,26H,9-12H2,1-5H3,(H2,23,24,25). The number of piperidine rings is 1. The molecule has 0 amide bonds. The number of hydrogen-bond donors (Lipinski definition) is 3. The highest BCUT2D eigenvalue weighted by molar-refractivity contribution is 7.94. The number of sulfonamides is 1. The van der Waals surface area contributed by atoms with Gasteiger partial charge < -0.3 is 15.5 Å². The van der Waals surface area contributed by atoms with Crippen molar-refractivity contribution in [3.05, 3.63) is 42.1 Å². The van der Waals surface area contributed by atoms with Crippen molar-refractivity contribution in [2.45, 2.75) is 51.3 Å². The van der Waals surface area contributed by atoms with E-state index in [-0.39, 0.29) is 0 Å². The summed E-state index contributed by atoms with van der Waals surface area (Å²) in [6, 6.07) is 9.74. The second-order valence-corrected chi connectivity index (χ2v) is 11.5. The van der Waals surface area contributed by atoms with Crippen LogP contribution in [-0.2, 0) is 10.0 Å². The lowest BCUT2D eigenvalue weighted by molar-refractivity contribution is 0.263. The van der Waals surface area contributed by atoms with Crippen molar-refractivity contribution in [1.82, 2.24) is 9.88 Å². The van der Waals surface area contributed by atoms with Gasteiger partial charge in [-0.05, 0) is 84.4 Å². The average Bonchev–Trinajstić information content (AvgIpc) is 2.65. The van der Waals surface area contributed by atoms with Crippen LogP contribution in [0.2, 0.25) is 0 Å². The van der Waals surface area contributed by atoms with E-state index in [0.29, 0.717) is 11.7 Å². The summed E-state index contributed by atoms with van der Waals surface area (Å²) in [5.41, 5.74) is 3.30. The van der Waals surface area contributed by atoms with Crippen molar-refractivity contribution in [1.29, 1.82) is 0 Å². The van der Waals surface area contributed by atoms with E-state index in [1.165, 1.54) is 0 Å². The average molecular weight is 432 g/mol. The van der Waals surface area contributed by atoms with E-state index in [4.69, 9.17) is 0 Å². The number of pyridine rings is 1. The van der Waals surface area contributed by atoms with Gasteiger partial charge in [-0.1, -0.05) is 6.07 Å². The molecular formula is C22H33N5O2S. The highest BCUT2D eigenvalue weighted by atomic mass is 32.2. The van der Waals surface area contributed by atoms with Crippen LogP contribution in [0.15, 0.2) is 36.5 Å². The fraction of sp³-hybridized carbons (Fsp3) is 0.500. The third kappa shape index (κ3) is 5.64. The number of nitrogens with zero attached hydrogens (tertiary/aromatic N) is 2. The van der Waals surface area contributed by atoms with E-state index in [0.717, 1.165) is 48.7 Å². The molecule has 2 aromatic rings. The quantitative estimate of drug-likeness (QED) is 0.636. The van der Waals surface area contributed by atoms with Gasteiger partial charge in [-0.15, -0.1) is 0 Å². The van der Waals surface area contributed by atoms with Crippen molar-refractivity contribution < 1.29 is 8.42 Å². The van der Waals surface area contributed by atoms with E-state index in [2.05, 4.69) is 32.3 Å². The normalized spacial score (nSPS) is 16.3. The molecule has 1 aliphatic rings. The van der Waals surface area contributed by atoms with Gasteiger partial charge in [-0.3, -0.25) is 4.72 Å². The Bertz CT molecular complexity index is 977. The highest BCUT2D eigenvalue weighted by Crippen LogP contribution is 2.27. The molecule has 1 aliphatic heterocycles. The predicted octanol–water partition coefficient (Wildman–Crippen LogP) is 4.18. The van der Waals surface area contributed by atoms with Gasteiger partial charge >= 0.3 is 0 Å². The summed E-state index contributed by atoms with van der Waals surface area (Å²) < 4.78 is 26.7. The second-order valence-electron chi connectivity index (χ2n) is 9.03. The monoisotopic (exact) mass is 431 g/mol. The molecule has 8 heteroatoms. The van der Waals surface area contributed by atoms with Crippen LogP contribution >= 0.6 is 0 Å². The number of hydrogen-bond acceptors (Lipinski definition) is 6. The molecular weight excluding hydrogens is 398 g/mol. The number of benzene rings is 1. The fourth-order valence-electron chi connectivity index (χ4n) is 3.22. The first-order valence-electron chi connectivity index (χ1n) is 10.3. The summed E-state index contributed by atoms with van der Waals surface area (Å²) in [6.45, 7) is 9.21. The van der Waals surface area contributed by atoms with E-state index in [1.807, 2.05) is 31.3 Å². The number of rotatable bonds is 6. The minimum absolute atomic E-state index is 0.430. The van der Waals surface area contributed by atoms with Crippen LogP contribution in [0.3, 0.4) is 0 Å². The molecule has 3 rings (SSSR count). The van der Waals surface area contributed by atoms with Crippen molar-refractivity contribution in [3.63, 3.8) is 0 Å². The van der Waals surface area contributed by atoms with Crippen molar-refractivity contribution in [3.8, 4) is 0 Å². The molecule has 0 spiro atoms. The third-order valence-corrected chi connectivity index (χ3v) is 7.49. The van der Waals surface area contributed by atoms with Gasteiger partial charge in [0.05, 0.1) is 10.4 Å². The maximum atomic E-state index is 12.4. The van der Waals surface area contributed by atoms with E-state index in [1.54, 1.807) is 32.9 Å². The highest BCUT2D eigenvalue weighted by Gasteiger charge is 2.28. The summed E-state index contributed by atoms with van der Waals surface area (Å²) in [5, 5.41) is 6.94. The first kappa shape index (κ1) is 22.4. The minimum atomic E-state index is -3.48. The molecule has 1 saturated heterocycles. The van der Waals surface area contributed by atoms with Gasteiger partial charge in [-0.2, -0.15) is 0 Å². The van der Waals surface area contributed by atoms with Gasteiger partial charge in [0.25, 0.3) is 0 Å². The topological polar surface area (TPSA) is 86.4 Å². The summed E-state index contributed by atoms with van der Waals surface area (Å²) in [7, 11) is -1.33. The Hall–Kier alpha value is -2.32. The third-order valence-electron chi connectivity index (χ3n) is 5.37. The lowest BCUT2D eigenvalue weighted by atomic mass is 10.1. The van der Waals surface area contributed by atoms with Gasteiger partial charge in [0, 0.05) is 29.7 Å². The lowest BCUT2D eigenvalue weighted by Crippen LogP contribution is -2.36. The van der Waals surface area contributed by atoms with Crippen LogP contribution in [0.1, 0.15) is 39.2 Å². The zero-order valence-corrected chi connectivity index (χ0v) is 19.3. The fourth-order valence-corrected chi connectivity index (χ4v) is 3.97. The summed E-state index contributed by atoms with van der Waals surface area (Å²) in [4.78, 5) is 6.87. The molecule has 7 nitrogen and oxygen atoms in total. The molecule has 0 saturated carbocycles. The van der Waals surface area contributed by atoms with Crippen LogP contribution in [0, 0.1) is 6.92 Å². The Labute approximate surface area is 180 Å². The van der Waals surface area contributed by atoms with Crippen molar-refractivity contribution in [2.75, 3.05) is 35.5 Å². The molecule has 1 aromatic heterocycles. The van der Waals surface area contributed by atoms with Crippen LogP contribution in [-0.4, -0.2) is 49.2 Å². The number of likely N-dealkylation sites (tertiary alicyclic amines) is 1. The molecule has 3 N–H and O–H groups in total. The first-order chi connectivity index (χ1) is 14.0. The lowest BCUT2D eigenvalue weighted by Gasteiger charge is -2.30. The maximum absolute atomic E-state index is 12.4. The Kier molecular flexibility index (Phi) is 6.57. The zero-order valence-electron chi connectivity index (χ0n) is 18.5. The van der Waals surface area contributed by atoms with Crippen LogP contribution in [0.25, 0.3) is 0 Å².